The van der Waals surface area contributed by atoms with E-state index in [2.05, 4.69) is 65.6 Å². The van der Waals surface area contributed by atoms with Crippen LogP contribution in [-0.2, 0) is 10.2 Å². The molecule has 116 valence electrons. The van der Waals surface area contributed by atoms with Crippen molar-refractivity contribution in [3.05, 3.63) is 71.8 Å². The normalized spacial score (nSPS) is 16.0. The molecule has 2 aromatic carbocycles. The highest BCUT2D eigenvalue weighted by Gasteiger charge is 2.36. The molecule has 2 aromatic rings. The van der Waals surface area contributed by atoms with Crippen LogP contribution in [0.5, 0.6) is 0 Å². The SMILES string of the molecule is COCC(CN1CCCC1)(c1ccccc1)c1ccccc1. The molecule has 22 heavy (non-hydrogen) atoms. The van der Waals surface area contributed by atoms with Crippen LogP contribution in [0.4, 0.5) is 0 Å². The fourth-order valence-electron chi connectivity index (χ4n) is 3.64. The number of methoxy groups -OCH3 is 1. The quantitative estimate of drug-likeness (QED) is 0.805. The van der Waals surface area contributed by atoms with Crippen LogP contribution >= 0.6 is 0 Å². The topological polar surface area (TPSA) is 12.5 Å². The zero-order valence-corrected chi connectivity index (χ0v) is 13.4. The maximum Gasteiger partial charge on any atom is 0.0612 e. The van der Waals surface area contributed by atoms with Crippen LogP contribution < -0.4 is 0 Å². The van der Waals surface area contributed by atoms with E-state index in [1.165, 1.54) is 37.1 Å². The van der Waals surface area contributed by atoms with Gasteiger partial charge >= 0.3 is 0 Å². The Balaban J connectivity index is 2.05. The number of likely N-dealkylation sites (tertiary alicyclic amines) is 1. The minimum absolute atomic E-state index is 0.0956. The summed E-state index contributed by atoms with van der Waals surface area (Å²) in [6, 6.07) is 21.6. The number of nitrogens with zero attached hydrogens (tertiary/aromatic N) is 1. The molecule has 0 aromatic heterocycles. The Bertz CT molecular complexity index is 521. The highest BCUT2D eigenvalue weighted by Crippen LogP contribution is 2.34. The summed E-state index contributed by atoms with van der Waals surface area (Å²) in [4.78, 5) is 2.58. The number of hydrogen-bond donors (Lipinski definition) is 0. The molecular weight excluding hydrogens is 270 g/mol. The molecule has 2 nitrogen and oxygen atoms in total. The minimum Gasteiger partial charge on any atom is -0.383 e. The molecule has 0 N–H and O–H groups in total. The summed E-state index contributed by atoms with van der Waals surface area (Å²) in [6.07, 6.45) is 2.62. The van der Waals surface area contributed by atoms with Crippen LogP contribution in [0.1, 0.15) is 24.0 Å². The average molecular weight is 295 g/mol. The maximum atomic E-state index is 5.70. The molecule has 0 saturated carbocycles. The standard InChI is InChI=1S/C20H25NO/c1-22-17-20(16-21-14-8-9-15-21,18-10-4-2-5-11-18)19-12-6-3-7-13-19/h2-7,10-13H,8-9,14-17H2,1H3. The van der Waals surface area contributed by atoms with Crippen LogP contribution in [0, 0.1) is 0 Å². The van der Waals surface area contributed by atoms with Gasteiger partial charge in [0.15, 0.2) is 0 Å². The van der Waals surface area contributed by atoms with Crippen molar-refractivity contribution < 1.29 is 4.74 Å². The van der Waals surface area contributed by atoms with E-state index in [4.69, 9.17) is 4.74 Å². The largest absolute Gasteiger partial charge is 0.383 e. The lowest BCUT2D eigenvalue weighted by molar-refractivity contribution is 0.123. The fraction of sp³-hybridized carbons (Fsp3) is 0.400. The second-order valence-corrected chi connectivity index (χ2v) is 6.23. The number of rotatable bonds is 6. The Hall–Kier alpha value is -1.64. The summed E-state index contributed by atoms with van der Waals surface area (Å²) in [5.74, 6) is 0. The van der Waals surface area contributed by atoms with Gasteiger partial charge in [0, 0.05) is 13.7 Å². The Labute approximate surface area is 133 Å². The van der Waals surface area contributed by atoms with Gasteiger partial charge in [0.1, 0.15) is 0 Å². The van der Waals surface area contributed by atoms with Crippen molar-refractivity contribution in [1.29, 1.82) is 0 Å². The van der Waals surface area contributed by atoms with E-state index in [1.54, 1.807) is 0 Å². The van der Waals surface area contributed by atoms with E-state index in [-0.39, 0.29) is 5.41 Å². The lowest BCUT2D eigenvalue weighted by Crippen LogP contribution is -2.44. The molecule has 0 unspecified atom stereocenters. The van der Waals surface area contributed by atoms with Gasteiger partial charge in [-0.15, -0.1) is 0 Å². The van der Waals surface area contributed by atoms with Crippen molar-refractivity contribution in [3.8, 4) is 0 Å². The fourth-order valence-corrected chi connectivity index (χ4v) is 3.64. The highest BCUT2D eigenvalue weighted by molar-refractivity contribution is 5.40. The van der Waals surface area contributed by atoms with Gasteiger partial charge in [-0.2, -0.15) is 0 Å². The van der Waals surface area contributed by atoms with E-state index in [0.717, 1.165) is 6.54 Å². The van der Waals surface area contributed by atoms with Gasteiger partial charge in [-0.05, 0) is 37.1 Å². The summed E-state index contributed by atoms with van der Waals surface area (Å²) in [7, 11) is 1.81. The zero-order chi connectivity index (χ0) is 15.3. The van der Waals surface area contributed by atoms with Gasteiger partial charge in [0.25, 0.3) is 0 Å². The number of benzene rings is 2. The van der Waals surface area contributed by atoms with Gasteiger partial charge in [0.2, 0.25) is 0 Å². The van der Waals surface area contributed by atoms with Gasteiger partial charge in [0.05, 0.1) is 12.0 Å². The van der Waals surface area contributed by atoms with Crippen LogP contribution in [0.3, 0.4) is 0 Å². The van der Waals surface area contributed by atoms with Crippen molar-refractivity contribution >= 4 is 0 Å². The van der Waals surface area contributed by atoms with E-state index in [0.29, 0.717) is 6.61 Å². The van der Waals surface area contributed by atoms with Crippen LogP contribution in [-0.4, -0.2) is 38.3 Å². The molecule has 2 heteroatoms. The third-order valence-corrected chi connectivity index (χ3v) is 4.74. The second-order valence-electron chi connectivity index (χ2n) is 6.23. The third kappa shape index (κ3) is 3.08. The predicted molar refractivity (Wildman–Crippen MR) is 91.2 cm³/mol. The van der Waals surface area contributed by atoms with Crippen LogP contribution in [0.2, 0.25) is 0 Å². The van der Waals surface area contributed by atoms with Gasteiger partial charge in [-0.3, -0.25) is 0 Å². The monoisotopic (exact) mass is 295 g/mol. The second kappa shape index (κ2) is 7.08. The maximum absolute atomic E-state index is 5.70. The van der Waals surface area contributed by atoms with Crippen molar-refractivity contribution in [3.63, 3.8) is 0 Å². The van der Waals surface area contributed by atoms with Gasteiger partial charge < -0.3 is 9.64 Å². The molecule has 3 rings (SSSR count). The highest BCUT2D eigenvalue weighted by atomic mass is 16.5. The first-order valence-corrected chi connectivity index (χ1v) is 8.17. The first-order valence-electron chi connectivity index (χ1n) is 8.17. The summed E-state index contributed by atoms with van der Waals surface area (Å²) in [5, 5.41) is 0. The molecule has 1 aliphatic heterocycles. The Kier molecular flexibility index (Phi) is 4.91. The minimum atomic E-state index is -0.0956. The van der Waals surface area contributed by atoms with E-state index < -0.39 is 0 Å². The Morgan fingerprint density at radius 1 is 0.864 bits per heavy atom. The lowest BCUT2D eigenvalue weighted by Gasteiger charge is -2.38. The molecule has 0 atom stereocenters. The molecule has 1 saturated heterocycles. The molecule has 1 aliphatic rings. The summed E-state index contributed by atoms with van der Waals surface area (Å²) in [5.41, 5.74) is 2.59. The summed E-state index contributed by atoms with van der Waals surface area (Å²) >= 11 is 0. The van der Waals surface area contributed by atoms with Crippen molar-refractivity contribution in [1.82, 2.24) is 4.90 Å². The molecule has 0 radical (unpaired) electrons. The zero-order valence-electron chi connectivity index (χ0n) is 13.4. The van der Waals surface area contributed by atoms with E-state index >= 15 is 0 Å². The molecule has 0 amide bonds. The molecule has 0 bridgehead atoms. The smallest absolute Gasteiger partial charge is 0.0612 e. The van der Waals surface area contributed by atoms with E-state index in [1.807, 2.05) is 7.11 Å². The third-order valence-electron chi connectivity index (χ3n) is 4.74. The van der Waals surface area contributed by atoms with Crippen molar-refractivity contribution in [2.24, 2.45) is 0 Å². The summed E-state index contributed by atoms with van der Waals surface area (Å²) < 4.78 is 5.70. The Morgan fingerprint density at radius 2 is 1.36 bits per heavy atom. The average Bonchev–Trinajstić information content (AvgIpc) is 3.09. The van der Waals surface area contributed by atoms with Crippen LogP contribution in [0.25, 0.3) is 0 Å². The molecular formula is C20H25NO. The first-order chi connectivity index (χ1) is 10.8. The summed E-state index contributed by atoms with van der Waals surface area (Å²) in [6.45, 7) is 4.13. The predicted octanol–water partition coefficient (Wildman–Crippen LogP) is 3.71. The van der Waals surface area contributed by atoms with Crippen molar-refractivity contribution in [2.45, 2.75) is 18.3 Å². The lowest BCUT2D eigenvalue weighted by atomic mass is 9.74. The molecule has 0 spiro atoms. The molecule has 0 aliphatic carbocycles. The molecule has 1 fully saturated rings. The van der Waals surface area contributed by atoms with Gasteiger partial charge in [-0.25, -0.2) is 0 Å². The molecule has 1 heterocycles. The first kappa shape index (κ1) is 15.3. The van der Waals surface area contributed by atoms with Crippen molar-refractivity contribution in [2.75, 3.05) is 33.4 Å². The Morgan fingerprint density at radius 3 is 1.82 bits per heavy atom. The number of ether oxygens (including phenoxy) is 1. The number of hydrogen-bond acceptors (Lipinski definition) is 2. The van der Waals surface area contributed by atoms with E-state index in [9.17, 15) is 0 Å². The van der Waals surface area contributed by atoms with Gasteiger partial charge in [-0.1, -0.05) is 60.7 Å². The van der Waals surface area contributed by atoms with Crippen LogP contribution in [0.15, 0.2) is 60.7 Å².